The summed E-state index contributed by atoms with van der Waals surface area (Å²) in [7, 11) is -3.24. The average Bonchev–Trinajstić information content (AvgIpc) is 2.38. The molecule has 1 aromatic carbocycles. The molecule has 0 fully saturated rings. The lowest BCUT2D eigenvalue weighted by atomic mass is 10.1. The van der Waals surface area contributed by atoms with Crippen LogP contribution in [0.5, 0.6) is 0 Å². The van der Waals surface area contributed by atoms with Gasteiger partial charge < -0.3 is 0 Å². The fourth-order valence-electron chi connectivity index (χ4n) is 1.54. The molecule has 2 rings (SSSR count). The number of aromatic nitrogens is 1. The van der Waals surface area contributed by atoms with Crippen molar-refractivity contribution in [3.05, 3.63) is 48.2 Å². The molecule has 0 aliphatic carbocycles. The molecule has 2 aromatic rings. The predicted octanol–water partition coefficient (Wildman–Crippen LogP) is 2.02. The van der Waals surface area contributed by atoms with Gasteiger partial charge in [-0.05, 0) is 24.3 Å². The van der Waals surface area contributed by atoms with E-state index in [1.807, 2.05) is 6.07 Å². The number of pyridine rings is 1. The first kappa shape index (κ1) is 12.3. The van der Waals surface area contributed by atoms with Gasteiger partial charge in [0, 0.05) is 18.0 Å². The van der Waals surface area contributed by atoms with Gasteiger partial charge in [-0.1, -0.05) is 12.1 Å². The monoisotopic (exact) mass is 258 g/mol. The van der Waals surface area contributed by atoms with E-state index in [0.29, 0.717) is 16.8 Å². The van der Waals surface area contributed by atoms with Crippen molar-refractivity contribution in [1.29, 1.82) is 5.26 Å². The summed E-state index contributed by atoms with van der Waals surface area (Å²) in [6.45, 7) is 0. The molecule has 4 nitrogen and oxygen atoms in total. The van der Waals surface area contributed by atoms with Gasteiger partial charge in [-0.2, -0.15) is 5.26 Å². The molecule has 0 bridgehead atoms. The number of rotatable bonds is 2. The van der Waals surface area contributed by atoms with Crippen LogP contribution in [-0.4, -0.2) is 19.7 Å². The SMILES string of the molecule is CS(=O)(=O)c1cccc(-c2cc(C#N)ccn2)c1. The van der Waals surface area contributed by atoms with Gasteiger partial charge in [0.15, 0.2) is 9.84 Å². The van der Waals surface area contributed by atoms with Crippen molar-refractivity contribution in [2.45, 2.75) is 4.90 Å². The van der Waals surface area contributed by atoms with Crippen molar-refractivity contribution in [2.24, 2.45) is 0 Å². The smallest absolute Gasteiger partial charge is 0.175 e. The average molecular weight is 258 g/mol. The van der Waals surface area contributed by atoms with E-state index in [0.717, 1.165) is 6.26 Å². The Labute approximate surface area is 105 Å². The van der Waals surface area contributed by atoms with Gasteiger partial charge in [-0.25, -0.2) is 8.42 Å². The highest BCUT2D eigenvalue weighted by molar-refractivity contribution is 7.90. The van der Waals surface area contributed by atoms with E-state index < -0.39 is 9.84 Å². The summed E-state index contributed by atoms with van der Waals surface area (Å²) in [4.78, 5) is 4.37. The fraction of sp³-hybridized carbons (Fsp3) is 0.0769. The Bertz CT molecular complexity index is 731. The van der Waals surface area contributed by atoms with Crippen molar-refractivity contribution in [1.82, 2.24) is 4.98 Å². The highest BCUT2D eigenvalue weighted by Gasteiger charge is 2.09. The summed E-state index contributed by atoms with van der Waals surface area (Å²) in [5, 5.41) is 8.82. The van der Waals surface area contributed by atoms with Crippen LogP contribution in [0.15, 0.2) is 47.5 Å². The molecule has 1 heterocycles. The minimum atomic E-state index is -3.24. The molecule has 0 amide bonds. The second kappa shape index (κ2) is 4.59. The first-order valence-corrected chi connectivity index (χ1v) is 7.06. The van der Waals surface area contributed by atoms with Crippen LogP contribution >= 0.6 is 0 Å². The van der Waals surface area contributed by atoms with Crippen LogP contribution in [0.25, 0.3) is 11.3 Å². The molecule has 0 saturated carbocycles. The molecule has 0 unspecified atom stereocenters. The molecule has 0 radical (unpaired) electrons. The van der Waals surface area contributed by atoms with Gasteiger partial charge >= 0.3 is 0 Å². The van der Waals surface area contributed by atoms with E-state index in [2.05, 4.69) is 4.98 Å². The Morgan fingerprint density at radius 3 is 2.67 bits per heavy atom. The Morgan fingerprint density at radius 1 is 1.22 bits per heavy atom. The van der Waals surface area contributed by atoms with E-state index in [4.69, 9.17) is 5.26 Å². The number of sulfone groups is 1. The molecule has 1 aromatic heterocycles. The van der Waals surface area contributed by atoms with E-state index in [9.17, 15) is 8.42 Å². The van der Waals surface area contributed by atoms with Crippen LogP contribution < -0.4 is 0 Å². The van der Waals surface area contributed by atoms with Crippen molar-refractivity contribution in [3.8, 4) is 17.3 Å². The number of benzene rings is 1. The van der Waals surface area contributed by atoms with Crippen LogP contribution in [0.1, 0.15) is 5.56 Å². The third-order valence-corrected chi connectivity index (χ3v) is 3.56. The van der Waals surface area contributed by atoms with E-state index >= 15 is 0 Å². The van der Waals surface area contributed by atoms with Gasteiger partial charge in [0.05, 0.1) is 22.2 Å². The van der Waals surface area contributed by atoms with E-state index in [1.165, 1.54) is 12.3 Å². The number of nitriles is 1. The summed E-state index contributed by atoms with van der Waals surface area (Å²) in [6.07, 6.45) is 2.69. The summed E-state index contributed by atoms with van der Waals surface area (Å²) in [6, 6.07) is 11.8. The molecule has 0 aliphatic rings. The summed E-state index contributed by atoms with van der Waals surface area (Å²) in [5.41, 5.74) is 1.75. The minimum absolute atomic E-state index is 0.240. The largest absolute Gasteiger partial charge is 0.256 e. The normalized spacial score (nSPS) is 10.9. The molecule has 18 heavy (non-hydrogen) atoms. The second-order valence-electron chi connectivity index (χ2n) is 3.84. The summed E-state index contributed by atoms with van der Waals surface area (Å²) in [5.74, 6) is 0. The highest BCUT2D eigenvalue weighted by Crippen LogP contribution is 2.21. The molecule has 0 aliphatic heterocycles. The Balaban J connectivity index is 2.55. The van der Waals surface area contributed by atoms with E-state index in [-0.39, 0.29) is 4.90 Å². The standard InChI is InChI=1S/C13H10N2O2S/c1-18(16,17)12-4-2-3-11(8-12)13-7-10(9-14)5-6-15-13/h2-8H,1H3. The number of hydrogen-bond donors (Lipinski definition) is 0. The quantitative estimate of drug-likeness (QED) is 0.826. The van der Waals surface area contributed by atoms with Crippen molar-refractivity contribution >= 4 is 9.84 Å². The minimum Gasteiger partial charge on any atom is -0.256 e. The zero-order chi connectivity index (χ0) is 13.2. The Morgan fingerprint density at radius 2 is 2.00 bits per heavy atom. The predicted molar refractivity (Wildman–Crippen MR) is 67.5 cm³/mol. The van der Waals surface area contributed by atoms with Gasteiger partial charge in [0.2, 0.25) is 0 Å². The van der Waals surface area contributed by atoms with Crippen LogP contribution in [0.2, 0.25) is 0 Å². The van der Waals surface area contributed by atoms with Crippen molar-refractivity contribution in [2.75, 3.05) is 6.26 Å². The maximum Gasteiger partial charge on any atom is 0.175 e. The fourth-order valence-corrected chi connectivity index (χ4v) is 2.21. The third kappa shape index (κ3) is 2.55. The highest BCUT2D eigenvalue weighted by atomic mass is 32.2. The van der Waals surface area contributed by atoms with Crippen molar-refractivity contribution < 1.29 is 8.42 Å². The van der Waals surface area contributed by atoms with Gasteiger partial charge in [-0.15, -0.1) is 0 Å². The van der Waals surface area contributed by atoms with Crippen LogP contribution in [0.3, 0.4) is 0 Å². The van der Waals surface area contributed by atoms with Gasteiger partial charge in [-0.3, -0.25) is 4.98 Å². The molecule has 0 N–H and O–H groups in total. The zero-order valence-electron chi connectivity index (χ0n) is 9.66. The molecule has 0 atom stereocenters. The second-order valence-corrected chi connectivity index (χ2v) is 5.86. The first-order chi connectivity index (χ1) is 8.50. The molecule has 0 spiro atoms. The molecular formula is C13H10N2O2S. The number of hydrogen-bond acceptors (Lipinski definition) is 4. The maximum atomic E-state index is 11.5. The maximum absolute atomic E-state index is 11.5. The summed E-state index contributed by atoms with van der Waals surface area (Å²) >= 11 is 0. The lowest BCUT2D eigenvalue weighted by Crippen LogP contribution is -1.97. The first-order valence-electron chi connectivity index (χ1n) is 5.17. The lowest BCUT2D eigenvalue weighted by Gasteiger charge is -2.03. The van der Waals surface area contributed by atoms with Gasteiger partial charge in [0.25, 0.3) is 0 Å². The lowest BCUT2D eigenvalue weighted by molar-refractivity contribution is 0.602. The topological polar surface area (TPSA) is 70.8 Å². The molecule has 0 saturated heterocycles. The number of nitrogens with zero attached hydrogens (tertiary/aromatic N) is 2. The van der Waals surface area contributed by atoms with Gasteiger partial charge in [0.1, 0.15) is 0 Å². The third-order valence-electron chi connectivity index (χ3n) is 2.45. The van der Waals surface area contributed by atoms with Crippen LogP contribution in [-0.2, 0) is 9.84 Å². The molecule has 5 heteroatoms. The Kier molecular flexibility index (Phi) is 3.13. The molecular weight excluding hydrogens is 248 g/mol. The molecule has 90 valence electrons. The van der Waals surface area contributed by atoms with Crippen LogP contribution in [0, 0.1) is 11.3 Å². The zero-order valence-corrected chi connectivity index (χ0v) is 10.5. The van der Waals surface area contributed by atoms with E-state index in [1.54, 1.807) is 30.3 Å². The van der Waals surface area contributed by atoms with Crippen LogP contribution in [0.4, 0.5) is 0 Å². The Hall–Kier alpha value is -2.19. The van der Waals surface area contributed by atoms with Crippen molar-refractivity contribution in [3.63, 3.8) is 0 Å². The summed E-state index contributed by atoms with van der Waals surface area (Å²) < 4.78 is 22.9.